The van der Waals surface area contributed by atoms with Gasteiger partial charge in [-0.3, -0.25) is 4.79 Å². The van der Waals surface area contributed by atoms with E-state index in [2.05, 4.69) is 6.92 Å². The van der Waals surface area contributed by atoms with Crippen LogP contribution in [0.25, 0.3) is 21.9 Å². The number of rotatable bonds is 7. The molecule has 0 bridgehead atoms. The molecule has 2 unspecified atom stereocenters. The van der Waals surface area contributed by atoms with Gasteiger partial charge in [-0.2, -0.15) is 0 Å². The number of phenolic OH excluding ortho intramolecular Hbond substituents is 2. The molecule has 4 rings (SSSR count). The number of ether oxygens (including phenoxy) is 2. The predicted molar refractivity (Wildman–Crippen MR) is 125 cm³/mol. The topological polar surface area (TPSA) is 76.0 Å². The summed E-state index contributed by atoms with van der Waals surface area (Å²) >= 11 is 0. The summed E-state index contributed by atoms with van der Waals surface area (Å²) in [6, 6.07) is 14.6. The lowest BCUT2D eigenvalue weighted by atomic mass is 9.91. The molecular formula is C27H30O5. The average molecular weight is 435 g/mol. The summed E-state index contributed by atoms with van der Waals surface area (Å²) in [6.07, 6.45) is 3.42. The number of carbonyl (C=O) groups is 1. The van der Waals surface area contributed by atoms with Crippen molar-refractivity contribution in [1.82, 2.24) is 0 Å². The van der Waals surface area contributed by atoms with Gasteiger partial charge in [0.15, 0.2) is 11.5 Å². The van der Waals surface area contributed by atoms with E-state index in [4.69, 9.17) is 9.47 Å². The number of fused-ring (bicyclic) bond motifs is 1. The minimum atomic E-state index is 0.0215. The fraction of sp³-hybridized carbons (Fsp3) is 0.370. The Labute approximate surface area is 188 Å². The highest BCUT2D eigenvalue weighted by Gasteiger charge is 2.23. The first-order valence-corrected chi connectivity index (χ1v) is 11.2. The molecular weight excluding hydrogens is 404 g/mol. The lowest BCUT2D eigenvalue weighted by Gasteiger charge is -2.26. The highest BCUT2D eigenvalue weighted by atomic mass is 16.5. The molecule has 1 saturated heterocycles. The summed E-state index contributed by atoms with van der Waals surface area (Å²) in [5, 5.41) is 22.2. The van der Waals surface area contributed by atoms with Crippen molar-refractivity contribution in [1.29, 1.82) is 0 Å². The van der Waals surface area contributed by atoms with Crippen LogP contribution in [0.2, 0.25) is 0 Å². The van der Waals surface area contributed by atoms with E-state index in [1.54, 1.807) is 18.2 Å². The molecule has 1 aliphatic heterocycles. The van der Waals surface area contributed by atoms with Gasteiger partial charge in [0, 0.05) is 25.0 Å². The second-order valence-corrected chi connectivity index (χ2v) is 8.76. The number of methoxy groups -OCH3 is 1. The van der Waals surface area contributed by atoms with Gasteiger partial charge in [0.1, 0.15) is 11.5 Å². The standard InChI is InChI=1S/C27H30O5/c1-17-11-12-32-24(13-17)16-23(29)9-6-19-7-10-25(30)27(31-2)26(19)20-4-3-18-5-8-22(28)15-21(18)14-20/h3-5,7-8,10,14-15,17,24,28,30H,6,9,11-13,16H2,1-2H3. The molecule has 5 heteroatoms. The van der Waals surface area contributed by atoms with Crippen molar-refractivity contribution in [2.75, 3.05) is 13.7 Å². The molecule has 168 valence electrons. The van der Waals surface area contributed by atoms with Crippen LogP contribution in [-0.4, -0.2) is 35.8 Å². The molecule has 3 aromatic rings. The molecule has 0 saturated carbocycles. The van der Waals surface area contributed by atoms with Crippen LogP contribution in [0.1, 0.15) is 38.2 Å². The smallest absolute Gasteiger partial charge is 0.168 e. The van der Waals surface area contributed by atoms with Crippen molar-refractivity contribution in [2.24, 2.45) is 5.92 Å². The van der Waals surface area contributed by atoms with E-state index in [1.165, 1.54) is 7.11 Å². The summed E-state index contributed by atoms with van der Waals surface area (Å²) in [6.45, 7) is 2.94. The third-order valence-electron chi connectivity index (χ3n) is 6.30. The Bertz CT molecular complexity index is 1120. The zero-order valence-corrected chi connectivity index (χ0v) is 18.6. The van der Waals surface area contributed by atoms with Gasteiger partial charge in [-0.1, -0.05) is 31.2 Å². The van der Waals surface area contributed by atoms with Gasteiger partial charge in [-0.25, -0.2) is 0 Å². The van der Waals surface area contributed by atoms with Gasteiger partial charge in [0.25, 0.3) is 0 Å². The Hall–Kier alpha value is -3.05. The third-order valence-corrected chi connectivity index (χ3v) is 6.30. The SMILES string of the molecule is COc1c(O)ccc(CCC(=O)CC2CC(C)CCO2)c1-c1ccc2ccc(O)cc2c1. The van der Waals surface area contributed by atoms with E-state index >= 15 is 0 Å². The molecule has 0 spiro atoms. The van der Waals surface area contributed by atoms with Crippen molar-refractivity contribution in [3.05, 3.63) is 54.1 Å². The fourth-order valence-corrected chi connectivity index (χ4v) is 4.58. The second-order valence-electron chi connectivity index (χ2n) is 8.76. The third kappa shape index (κ3) is 4.89. The summed E-state index contributed by atoms with van der Waals surface area (Å²) < 4.78 is 11.3. The quantitative estimate of drug-likeness (QED) is 0.504. The van der Waals surface area contributed by atoms with Crippen LogP contribution in [0.3, 0.4) is 0 Å². The highest BCUT2D eigenvalue weighted by molar-refractivity contribution is 5.90. The molecule has 1 fully saturated rings. The summed E-state index contributed by atoms with van der Waals surface area (Å²) in [4.78, 5) is 12.7. The molecule has 5 nitrogen and oxygen atoms in total. The number of aryl methyl sites for hydroxylation is 1. The molecule has 1 heterocycles. The van der Waals surface area contributed by atoms with Gasteiger partial charge >= 0.3 is 0 Å². The summed E-state index contributed by atoms with van der Waals surface area (Å²) in [7, 11) is 1.53. The maximum atomic E-state index is 12.7. The fourth-order valence-electron chi connectivity index (χ4n) is 4.58. The number of hydrogen-bond donors (Lipinski definition) is 2. The molecule has 0 aliphatic carbocycles. The molecule has 32 heavy (non-hydrogen) atoms. The number of carbonyl (C=O) groups excluding carboxylic acids is 1. The van der Waals surface area contributed by atoms with Crippen molar-refractivity contribution >= 4 is 16.6 Å². The maximum Gasteiger partial charge on any atom is 0.168 e. The Morgan fingerprint density at radius 3 is 2.69 bits per heavy atom. The lowest BCUT2D eigenvalue weighted by Crippen LogP contribution is -2.26. The molecule has 2 atom stereocenters. The maximum absolute atomic E-state index is 12.7. The number of phenols is 2. The van der Waals surface area contributed by atoms with Crippen molar-refractivity contribution in [3.8, 4) is 28.4 Å². The Kier molecular flexibility index (Phi) is 6.66. The first-order valence-electron chi connectivity index (χ1n) is 11.2. The molecule has 0 aromatic heterocycles. The van der Waals surface area contributed by atoms with Gasteiger partial charge in [-0.15, -0.1) is 0 Å². The Balaban J connectivity index is 1.60. The van der Waals surface area contributed by atoms with Crippen LogP contribution in [0.4, 0.5) is 0 Å². The van der Waals surface area contributed by atoms with E-state index in [-0.39, 0.29) is 23.4 Å². The van der Waals surface area contributed by atoms with Crippen LogP contribution in [0.5, 0.6) is 17.2 Å². The summed E-state index contributed by atoms with van der Waals surface area (Å²) in [5.41, 5.74) is 2.57. The van der Waals surface area contributed by atoms with Crippen LogP contribution >= 0.6 is 0 Å². The molecule has 0 amide bonds. The first-order chi connectivity index (χ1) is 15.4. The number of benzene rings is 3. The number of hydrogen-bond acceptors (Lipinski definition) is 5. The molecule has 3 aromatic carbocycles. The van der Waals surface area contributed by atoms with Crippen LogP contribution in [0.15, 0.2) is 48.5 Å². The Morgan fingerprint density at radius 1 is 1.09 bits per heavy atom. The van der Waals surface area contributed by atoms with E-state index in [0.29, 0.717) is 30.9 Å². The number of ketones is 1. The predicted octanol–water partition coefficient (Wildman–Crippen LogP) is 5.63. The van der Waals surface area contributed by atoms with E-state index in [0.717, 1.165) is 46.9 Å². The zero-order chi connectivity index (χ0) is 22.7. The normalized spacial score (nSPS) is 18.6. The highest BCUT2D eigenvalue weighted by Crippen LogP contribution is 2.41. The minimum absolute atomic E-state index is 0.0215. The molecule has 0 radical (unpaired) electrons. The lowest BCUT2D eigenvalue weighted by molar-refractivity contribution is -0.123. The second kappa shape index (κ2) is 9.61. The van der Waals surface area contributed by atoms with Gasteiger partial charge in [0.05, 0.1) is 13.2 Å². The van der Waals surface area contributed by atoms with Crippen molar-refractivity contribution < 1.29 is 24.5 Å². The molecule has 1 aliphatic rings. The van der Waals surface area contributed by atoms with Crippen molar-refractivity contribution in [2.45, 2.75) is 45.1 Å². The Morgan fingerprint density at radius 2 is 1.91 bits per heavy atom. The largest absolute Gasteiger partial charge is 0.508 e. The van der Waals surface area contributed by atoms with Gasteiger partial charge in [-0.05, 0) is 71.3 Å². The summed E-state index contributed by atoms with van der Waals surface area (Å²) in [5.74, 6) is 1.42. The minimum Gasteiger partial charge on any atom is -0.508 e. The monoisotopic (exact) mass is 434 g/mol. The van der Waals surface area contributed by atoms with Crippen molar-refractivity contribution in [3.63, 3.8) is 0 Å². The van der Waals surface area contributed by atoms with Crippen LogP contribution in [-0.2, 0) is 16.0 Å². The molecule has 2 N–H and O–H groups in total. The van der Waals surface area contributed by atoms with Gasteiger partial charge < -0.3 is 19.7 Å². The van der Waals surface area contributed by atoms with Gasteiger partial charge in [0.2, 0.25) is 0 Å². The van der Waals surface area contributed by atoms with E-state index in [9.17, 15) is 15.0 Å². The van der Waals surface area contributed by atoms with E-state index in [1.807, 2.05) is 30.3 Å². The number of aromatic hydroxyl groups is 2. The van der Waals surface area contributed by atoms with E-state index < -0.39 is 0 Å². The van der Waals surface area contributed by atoms with Crippen LogP contribution in [0, 0.1) is 5.92 Å². The van der Waals surface area contributed by atoms with Crippen LogP contribution < -0.4 is 4.74 Å². The zero-order valence-electron chi connectivity index (χ0n) is 18.6. The number of Topliss-reactive ketones (excluding diaryl/α,β-unsaturated/α-hetero) is 1. The first kappa shape index (κ1) is 22.2. The average Bonchev–Trinajstić information content (AvgIpc) is 2.77.